The van der Waals surface area contributed by atoms with E-state index in [0.29, 0.717) is 0 Å². The zero-order valence-electron chi connectivity index (χ0n) is 41.5. The van der Waals surface area contributed by atoms with Crippen molar-refractivity contribution in [3.63, 3.8) is 0 Å². The summed E-state index contributed by atoms with van der Waals surface area (Å²) < 4.78 is 8.48. The molecule has 0 fully saturated rings. The van der Waals surface area contributed by atoms with Crippen molar-refractivity contribution in [2.24, 2.45) is 0 Å². The predicted octanol–water partition coefficient (Wildman–Crippen LogP) is 8.24. The topological polar surface area (TPSA) is 0 Å². The molecule has 0 bridgehead atoms. The first kappa shape index (κ1) is 48.7. The van der Waals surface area contributed by atoms with E-state index in [1.807, 2.05) is 0 Å². The van der Waals surface area contributed by atoms with Crippen LogP contribution in [0.2, 0.25) is 0 Å². The molecule has 0 aromatic heterocycles. The van der Waals surface area contributed by atoms with Gasteiger partial charge in [0.15, 0.2) is 0 Å². The van der Waals surface area contributed by atoms with Gasteiger partial charge in [-0.05, 0) is 0 Å². The van der Waals surface area contributed by atoms with Crippen molar-refractivity contribution >= 4 is 100 Å². The molecule has 11 aromatic carbocycles. The van der Waals surface area contributed by atoms with Gasteiger partial charge in [-0.3, -0.25) is 0 Å². The Morgan fingerprint density at radius 3 is 0.500 bits per heavy atom. The SMILES string of the molecule is C(=[CH]\[Ge]([c]1ccccc1)([c]1ccccc1)[c]1ccccc1)/[Si](c1ccccc1)(c1ccccc1)c1ccc([Si](/C=[CH]/[Ge]([c]2ccccc2)([c]2ccccc2)[c]2ccccc2)(c2ccccc2)c2ccccc2)cc1. The Morgan fingerprint density at radius 1 is 0.176 bits per heavy atom. The molecule has 4 heteroatoms. The molecule has 11 rings (SSSR count). The predicted molar refractivity (Wildman–Crippen MR) is 328 cm³/mol. The van der Waals surface area contributed by atoms with Crippen LogP contribution >= 0.6 is 0 Å². The van der Waals surface area contributed by atoms with Crippen LogP contribution in [0.15, 0.2) is 349 Å². The number of benzene rings is 11. The molecule has 0 atom stereocenters. The molecule has 0 saturated carbocycles. The molecule has 0 aliphatic heterocycles. The summed E-state index contributed by atoms with van der Waals surface area (Å²) in [6.45, 7) is 0. The maximum absolute atomic E-state index is 3.60. The van der Waals surface area contributed by atoms with Gasteiger partial charge in [0, 0.05) is 0 Å². The Kier molecular flexibility index (Phi) is 14.6. The van der Waals surface area contributed by atoms with Gasteiger partial charge >= 0.3 is 449 Å². The Hall–Kier alpha value is -7.58. The summed E-state index contributed by atoms with van der Waals surface area (Å²) in [4.78, 5) is 5.50. The van der Waals surface area contributed by atoms with Gasteiger partial charge in [-0.1, -0.05) is 0 Å². The van der Waals surface area contributed by atoms with Gasteiger partial charge in [0.05, 0.1) is 0 Å². The minimum absolute atomic E-state index is 1.36. The summed E-state index contributed by atoms with van der Waals surface area (Å²) in [5.41, 5.74) is 5.47. The van der Waals surface area contributed by atoms with Crippen LogP contribution in [0.1, 0.15) is 0 Å². The van der Waals surface area contributed by atoms with Crippen molar-refractivity contribution in [1.29, 1.82) is 0 Å². The standard InChI is InChI=1S/C70H58Ge2Si2/c1-11-31-59(32-12-1)71(60-33-13-2-14-34-60,61-35-15-3-16-36-61)55-57-73(65-43-23-7-24-44-65,66-45-25-8-26-46-66)69-51-53-70(54-52-69)74(67-47-27-9-28-48-67,68-49-29-10-30-50-68)58-56-72(62-37-17-4-18-38-62,63-39-19-5-20-40-63)64-41-21-6-22-42-64/h1-58H/b57-55+,58-56+. The third-order valence-corrected chi connectivity index (χ3v) is 43.9. The van der Waals surface area contributed by atoms with Gasteiger partial charge in [0.1, 0.15) is 0 Å². The molecular formula is C70H58Ge2Si2. The van der Waals surface area contributed by atoms with E-state index in [9.17, 15) is 0 Å². The van der Waals surface area contributed by atoms with Crippen LogP contribution in [0.3, 0.4) is 0 Å². The zero-order chi connectivity index (χ0) is 49.9. The second-order valence-corrected chi connectivity index (χ2v) is 41.9. The molecule has 0 aliphatic rings. The van der Waals surface area contributed by atoms with Gasteiger partial charge in [-0.2, -0.15) is 0 Å². The molecule has 74 heavy (non-hydrogen) atoms. The van der Waals surface area contributed by atoms with Gasteiger partial charge in [0.25, 0.3) is 0 Å². The monoisotopic (exact) mass is 1100 g/mol. The van der Waals surface area contributed by atoms with Gasteiger partial charge in [-0.25, -0.2) is 0 Å². The molecule has 0 unspecified atom stereocenters. The molecule has 0 amide bonds. The van der Waals surface area contributed by atoms with Crippen LogP contribution in [0.4, 0.5) is 0 Å². The average Bonchev–Trinajstić information content (AvgIpc) is 3.50. The fourth-order valence-corrected chi connectivity index (χ4v) is 42.0. The van der Waals surface area contributed by atoms with Crippen LogP contribution in [0, 0.1) is 0 Å². The van der Waals surface area contributed by atoms with Crippen LogP contribution in [-0.4, -0.2) is 42.7 Å². The molecule has 0 radical (unpaired) electrons. The molecule has 0 saturated heterocycles. The zero-order valence-corrected chi connectivity index (χ0v) is 47.7. The van der Waals surface area contributed by atoms with Crippen LogP contribution < -0.4 is 57.5 Å². The summed E-state index contributed by atoms with van der Waals surface area (Å²) in [5.74, 6) is 0. The van der Waals surface area contributed by atoms with Crippen molar-refractivity contribution in [3.05, 3.63) is 349 Å². The molecule has 0 heterocycles. The van der Waals surface area contributed by atoms with Crippen molar-refractivity contribution in [2.45, 2.75) is 0 Å². The van der Waals surface area contributed by atoms with Crippen LogP contribution in [-0.2, 0) is 0 Å². The molecule has 0 N–H and O–H groups in total. The van der Waals surface area contributed by atoms with Gasteiger partial charge < -0.3 is 0 Å². The normalized spacial score (nSPS) is 12.2. The number of hydrogen-bond acceptors (Lipinski definition) is 0. The average molecular weight is 1100 g/mol. The van der Waals surface area contributed by atoms with E-state index in [2.05, 4.69) is 349 Å². The first-order valence-electron chi connectivity index (χ1n) is 25.7. The third-order valence-electron chi connectivity index (χ3n) is 15.3. The van der Waals surface area contributed by atoms with Crippen LogP contribution in [0.5, 0.6) is 0 Å². The minimum atomic E-state index is -3.60. The quantitative estimate of drug-likeness (QED) is 0.0677. The molecule has 0 spiro atoms. The number of hydrogen-bond donors (Lipinski definition) is 0. The van der Waals surface area contributed by atoms with Gasteiger partial charge in [-0.15, -0.1) is 0 Å². The fourth-order valence-electron chi connectivity index (χ4n) is 11.7. The maximum atomic E-state index is 2.75. The molecule has 354 valence electrons. The number of rotatable bonds is 16. The van der Waals surface area contributed by atoms with Crippen molar-refractivity contribution in [2.75, 3.05) is 0 Å². The second kappa shape index (κ2) is 22.3. The molecule has 0 nitrogen and oxygen atoms in total. The van der Waals surface area contributed by atoms with Crippen LogP contribution in [0.25, 0.3) is 0 Å². The Balaban J connectivity index is 1.19. The van der Waals surface area contributed by atoms with E-state index in [-0.39, 0.29) is 0 Å². The summed E-state index contributed by atoms with van der Waals surface area (Å²) in [7, 11) is -5.96. The summed E-state index contributed by atoms with van der Waals surface area (Å²) in [6.07, 6.45) is 0. The summed E-state index contributed by atoms with van der Waals surface area (Å²) >= 11 is -7.19. The Bertz CT molecular complexity index is 3030. The van der Waals surface area contributed by atoms with Crippen molar-refractivity contribution in [3.8, 4) is 0 Å². The third kappa shape index (κ3) is 9.13. The fraction of sp³-hybridized carbons (Fsp3) is 0. The molecule has 0 aliphatic carbocycles. The first-order valence-corrected chi connectivity index (χ1v) is 38.6. The Labute approximate surface area is 445 Å². The van der Waals surface area contributed by atoms with E-state index >= 15 is 0 Å². The van der Waals surface area contributed by atoms with E-state index in [1.54, 1.807) is 0 Å². The molecule has 11 aromatic rings. The van der Waals surface area contributed by atoms with Crippen molar-refractivity contribution < 1.29 is 0 Å². The van der Waals surface area contributed by atoms with Crippen molar-refractivity contribution in [1.82, 2.24) is 0 Å². The van der Waals surface area contributed by atoms with E-state index in [1.165, 1.54) is 57.5 Å². The first-order chi connectivity index (χ1) is 36.7. The summed E-state index contributed by atoms with van der Waals surface area (Å²) in [5, 5.41) is 8.17. The van der Waals surface area contributed by atoms with E-state index in [4.69, 9.17) is 0 Å². The van der Waals surface area contributed by atoms with Gasteiger partial charge in [0.2, 0.25) is 0 Å². The second-order valence-electron chi connectivity index (χ2n) is 19.1. The van der Waals surface area contributed by atoms with E-state index in [0.717, 1.165) is 0 Å². The van der Waals surface area contributed by atoms with E-state index < -0.39 is 42.7 Å². The summed E-state index contributed by atoms with van der Waals surface area (Å²) in [6, 6.07) is 124. The molecular weight excluding hydrogens is 1040 g/mol. The Morgan fingerprint density at radius 2 is 0.324 bits per heavy atom.